The van der Waals surface area contributed by atoms with Crippen LogP contribution in [0.4, 0.5) is 9.59 Å². The Hall–Kier alpha value is -1.27. The molecule has 3 N–H and O–H groups in total. The van der Waals surface area contributed by atoms with Crippen molar-refractivity contribution in [1.29, 1.82) is 0 Å². The fourth-order valence-electron chi connectivity index (χ4n) is 4.67. The molecule has 0 saturated carbocycles. The first kappa shape index (κ1) is 41.7. The number of hydroxylamine groups is 1. The van der Waals surface area contributed by atoms with Crippen LogP contribution in [0.2, 0.25) is 0 Å². The van der Waals surface area contributed by atoms with Gasteiger partial charge in [-0.25, -0.2) is 15.1 Å². The molecule has 0 aliphatic carbocycles. The van der Waals surface area contributed by atoms with Gasteiger partial charge >= 0.3 is 12.2 Å². The van der Waals surface area contributed by atoms with Crippen molar-refractivity contribution >= 4 is 24.8 Å². The standard InChI is InChI=1S/C32H65N3O7S/c1-3-5-7-9-11-13-15-17-19-21-25-35(24-20-18-16-14-12-10-8-6-4-2)31(37)40-27-29-42-32(43)41-28-26-39-30(36)33-22-23-34-38/h32,34,38,43H,3-29H2,1-2H3,(H,33,36). The first-order valence-electron chi connectivity index (χ1n) is 17.2. The number of amides is 2. The fraction of sp³-hybridized carbons (Fsp3) is 0.938. The number of rotatable bonds is 32. The Bertz CT molecular complexity index is 620. The molecule has 0 radical (unpaired) electrons. The first-order chi connectivity index (χ1) is 21.0. The van der Waals surface area contributed by atoms with Crippen molar-refractivity contribution in [3.05, 3.63) is 0 Å². The molecule has 0 aliphatic rings. The SMILES string of the molecule is CCCCCCCCCCCCN(CCCCCCCCCCC)C(=O)OCCOC(S)OCCOC(=O)NCCNO. The molecule has 1 unspecified atom stereocenters. The molecule has 0 aromatic heterocycles. The Labute approximate surface area is 268 Å². The quantitative estimate of drug-likeness (QED) is 0.0256. The summed E-state index contributed by atoms with van der Waals surface area (Å²) in [6.45, 7) is 6.82. The number of nitrogens with zero attached hydrogens (tertiary/aromatic N) is 1. The summed E-state index contributed by atoms with van der Waals surface area (Å²) in [4.78, 5) is 26.1. The number of alkyl carbamates (subject to hydrolysis) is 1. The van der Waals surface area contributed by atoms with Crippen LogP contribution in [0.25, 0.3) is 0 Å². The van der Waals surface area contributed by atoms with Gasteiger partial charge in [-0.1, -0.05) is 123 Å². The molecule has 0 saturated heterocycles. The van der Waals surface area contributed by atoms with E-state index < -0.39 is 11.7 Å². The lowest BCUT2D eigenvalue weighted by Crippen LogP contribution is -2.34. The van der Waals surface area contributed by atoms with E-state index in [0.29, 0.717) is 0 Å². The Morgan fingerprint density at radius 2 is 1.05 bits per heavy atom. The molecule has 0 aromatic rings. The molecule has 0 rings (SSSR count). The normalized spacial score (nSPS) is 11.8. The summed E-state index contributed by atoms with van der Waals surface area (Å²) >= 11 is 4.20. The van der Waals surface area contributed by atoms with Crippen molar-refractivity contribution in [2.24, 2.45) is 0 Å². The van der Waals surface area contributed by atoms with Gasteiger partial charge in [0.05, 0.1) is 13.2 Å². The van der Waals surface area contributed by atoms with E-state index in [-0.39, 0.29) is 45.6 Å². The Kier molecular flexibility index (Phi) is 32.6. The average molecular weight is 636 g/mol. The van der Waals surface area contributed by atoms with Gasteiger partial charge in [0.1, 0.15) is 13.2 Å². The summed E-state index contributed by atoms with van der Waals surface area (Å²) in [6.07, 6.45) is 23.0. The monoisotopic (exact) mass is 635 g/mol. The second-order valence-electron chi connectivity index (χ2n) is 11.1. The molecular formula is C32H65N3O7S. The lowest BCUT2D eigenvalue weighted by atomic mass is 10.1. The molecule has 0 spiro atoms. The predicted octanol–water partition coefficient (Wildman–Crippen LogP) is 7.83. The second kappa shape index (κ2) is 33.6. The summed E-state index contributed by atoms with van der Waals surface area (Å²) in [5.74, 6) is 0. The van der Waals surface area contributed by atoms with Crippen molar-refractivity contribution in [1.82, 2.24) is 15.7 Å². The van der Waals surface area contributed by atoms with E-state index in [9.17, 15) is 9.59 Å². The van der Waals surface area contributed by atoms with E-state index in [1.807, 2.05) is 10.4 Å². The summed E-state index contributed by atoms with van der Waals surface area (Å²) < 4.78 is 21.2. The third-order valence-corrected chi connectivity index (χ3v) is 7.52. The van der Waals surface area contributed by atoms with E-state index in [1.165, 1.54) is 96.3 Å². The highest BCUT2D eigenvalue weighted by molar-refractivity contribution is 7.80. The Balaban J connectivity index is 4.19. The summed E-state index contributed by atoms with van der Waals surface area (Å²) in [7, 11) is 0. The van der Waals surface area contributed by atoms with Crippen molar-refractivity contribution in [2.75, 3.05) is 52.6 Å². The molecular weight excluding hydrogens is 570 g/mol. The van der Waals surface area contributed by atoms with Gasteiger partial charge < -0.3 is 34.4 Å². The number of hydrogen-bond acceptors (Lipinski definition) is 9. The van der Waals surface area contributed by atoms with Crippen LogP contribution in [0.15, 0.2) is 0 Å². The predicted molar refractivity (Wildman–Crippen MR) is 176 cm³/mol. The smallest absolute Gasteiger partial charge is 0.409 e. The lowest BCUT2D eigenvalue weighted by molar-refractivity contribution is -0.0965. The minimum Gasteiger partial charge on any atom is -0.447 e. The molecule has 10 nitrogen and oxygen atoms in total. The van der Waals surface area contributed by atoms with Gasteiger partial charge in [0, 0.05) is 26.2 Å². The van der Waals surface area contributed by atoms with Crippen LogP contribution in [-0.4, -0.2) is 80.5 Å². The number of carbonyl (C=O) groups is 2. The molecule has 0 fully saturated rings. The van der Waals surface area contributed by atoms with E-state index in [2.05, 4.69) is 31.8 Å². The molecule has 0 aromatic carbocycles. The number of thiol groups is 1. The van der Waals surface area contributed by atoms with Crippen LogP contribution < -0.4 is 10.8 Å². The van der Waals surface area contributed by atoms with Crippen molar-refractivity contribution in [3.63, 3.8) is 0 Å². The van der Waals surface area contributed by atoms with Gasteiger partial charge in [-0.3, -0.25) is 0 Å². The van der Waals surface area contributed by atoms with Gasteiger partial charge in [0.15, 0.2) is 0 Å². The first-order valence-corrected chi connectivity index (χ1v) is 17.7. The molecule has 1 atom stereocenters. The highest BCUT2D eigenvalue weighted by Gasteiger charge is 2.15. The minimum atomic E-state index is -0.825. The van der Waals surface area contributed by atoms with Crippen LogP contribution in [0.1, 0.15) is 136 Å². The van der Waals surface area contributed by atoms with E-state index in [1.54, 1.807) is 0 Å². The van der Waals surface area contributed by atoms with Crippen LogP contribution in [-0.2, 0) is 18.9 Å². The van der Waals surface area contributed by atoms with Gasteiger partial charge in [-0.15, -0.1) is 12.6 Å². The largest absolute Gasteiger partial charge is 0.447 e. The topological polar surface area (TPSA) is 119 Å². The Morgan fingerprint density at radius 3 is 1.49 bits per heavy atom. The fourth-order valence-corrected chi connectivity index (χ4v) is 4.88. The maximum absolute atomic E-state index is 12.8. The molecule has 11 heteroatoms. The summed E-state index contributed by atoms with van der Waals surface area (Å²) in [5.41, 5.74) is 1.11. The zero-order chi connectivity index (χ0) is 31.6. The highest BCUT2D eigenvalue weighted by Crippen LogP contribution is 2.13. The highest BCUT2D eigenvalue weighted by atomic mass is 32.1. The lowest BCUT2D eigenvalue weighted by Gasteiger charge is -2.22. The maximum atomic E-state index is 12.8. The minimum absolute atomic E-state index is 0.0283. The zero-order valence-electron chi connectivity index (χ0n) is 27.5. The van der Waals surface area contributed by atoms with Gasteiger partial charge in [0.2, 0.25) is 5.62 Å². The maximum Gasteiger partial charge on any atom is 0.409 e. The van der Waals surface area contributed by atoms with E-state index in [4.69, 9.17) is 24.2 Å². The molecule has 2 amide bonds. The molecule has 256 valence electrons. The Morgan fingerprint density at radius 1 is 0.628 bits per heavy atom. The number of carbonyl (C=O) groups excluding carboxylic acids is 2. The van der Waals surface area contributed by atoms with Crippen LogP contribution in [0.5, 0.6) is 0 Å². The molecule has 0 bridgehead atoms. The van der Waals surface area contributed by atoms with Crippen LogP contribution in [0.3, 0.4) is 0 Å². The van der Waals surface area contributed by atoms with Gasteiger partial charge in [0.25, 0.3) is 0 Å². The van der Waals surface area contributed by atoms with Crippen LogP contribution >= 0.6 is 12.6 Å². The van der Waals surface area contributed by atoms with Crippen LogP contribution in [0, 0.1) is 0 Å². The molecule has 0 aliphatic heterocycles. The number of nitrogens with one attached hydrogen (secondary N) is 2. The average Bonchev–Trinajstić information content (AvgIpc) is 3.00. The van der Waals surface area contributed by atoms with Gasteiger partial charge in [-0.2, -0.15) is 0 Å². The van der Waals surface area contributed by atoms with E-state index >= 15 is 0 Å². The second-order valence-corrected chi connectivity index (χ2v) is 11.6. The summed E-state index contributed by atoms with van der Waals surface area (Å²) in [5, 5.41) is 10.9. The zero-order valence-corrected chi connectivity index (χ0v) is 28.4. The van der Waals surface area contributed by atoms with Crippen molar-refractivity contribution in [2.45, 2.75) is 141 Å². The number of hydrogen-bond donors (Lipinski definition) is 4. The van der Waals surface area contributed by atoms with Crippen molar-refractivity contribution < 1.29 is 33.7 Å². The molecule has 43 heavy (non-hydrogen) atoms. The number of unbranched alkanes of at least 4 members (excludes halogenated alkanes) is 17. The third kappa shape index (κ3) is 30.5. The van der Waals surface area contributed by atoms with Gasteiger partial charge in [-0.05, 0) is 12.8 Å². The van der Waals surface area contributed by atoms with Crippen molar-refractivity contribution in [3.8, 4) is 0 Å². The molecule has 0 heterocycles. The van der Waals surface area contributed by atoms with E-state index in [0.717, 1.165) is 38.8 Å². The third-order valence-electron chi connectivity index (χ3n) is 7.22. The summed E-state index contributed by atoms with van der Waals surface area (Å²) in [6, 6.07) is 0. The number of ether oxygens (including phenoxy) is 4.